The molecule has 0 aromatic rings. The van der Waals surface area contributed by atoms with Crippen LogP contribution in [0.5, 0.6) is 0 Å². The van der Waals surface area contributed by atoms with Crippen molar-refractivity contribution in [1.29, 1.82) is 0 Å². The van der Waals surface area contributed by atoms with Gasteiger partial charge in [0.05, 0.1) is 0 Å². The molecule has 9 heteroatoms. The summed E-state index contributed by atoms with van der Waals surface area (Å²) < 4.78 is 19.7. The minimum absolute atomic E-state index is 0. The molecule has 0 unspecified atom stereocenters. The monoisotopic (exact) mass is 182 g/mol. The Bertz CT molecular complexity index is 71.5. The molecule has 1 spiro atoms. The quantitative estimate of drug-likeness (QED) is 0.371. The first kappa shape index (κ1) is 10.0. The maximum atomic E-state index is 4.93. The van der Waals surface area contributed by atoms with Gasteiger partial charge >= 0.3 is 40.8 Å². The summed E-state index contributed by atoms with van der Waals surface area (Å²) >= 11 is -0.478. The highest BCUT2D eigenvalue weighted by atomic mass is 28.4. The largest absolute Gasteiger partial charge is 0.654 e. The zero-order valence-corrected chi connectivity index (χ0v) is 7.60. The van der Waals surface area contributed by atoms with Crippen LogP contribution in [-0.4, -0.2) is 51.8 Å². The molecule has 0 aliphatic carbocycles. The molecule has 2 fully saturated rings. The van der Waals surface area contributed by atoms with E-state index in [2.05, 4.69) is 0 Å². The molecular weight excluding hydrogens is 178 g/mol. The van der Waals surface area contributed by atoms with Crippen LogP contribution in [0.25, 0.3) is 0 Å². The summed E-state index contributed by atoms with van der Waals surface area (Å²) in [7, 11) is -2.22. The molecule has 2 radical (unpaired) electrons. The van der Waals surface area contributed by atoms with E-state index in [1.54, 1.807) is 0 Å². The van der Waals surface area contributed by atoms with E-state index >= 15 is 0 Å². The molecule has 0 saturated carbocycles. The average molecular weight is 182 g/mol. The van der Waals surface area contributed by atoms with Gasteiger partial charge in [-0.15, -0.1) is 0 Å². The zero-order valence-electron chi connectivity index (χ0n) is 4.29. The van der Waals surface area contributed by atoms with E-state index in [-0.39, 0.29) is 42.7 Å². The van der Waals surface area contributed by atoms with Gasteiger partial charge in [-0.25, -0.2) is 0 Å². The Morgan fingerprint density at radius 3 is 1.11 bits per heavy atom. The molecule has 2 rings (SSSR count). The summed E-state index contributed by atoms with van der Waals surface area (Å²) in [6.45, 7) is 0. The second kappa shape index (κ2) is 3.44. The molecule has 6 nitrogen and oxygen atoms in total. The van der Waals surface area contributed by atoms with E-state index in [9.17, 15) is 0 Å². The second-order valence-corrected chi connectivity index (χ2v) is 6.32. The van der Waals surface area contributed by atoms with Crippen molar-refractivity contribution in [3.8, 4) is 0 Å². The van der Waals surface area contributed by atoms with Crippen molar-refractivity contribution in [3.63, 3.8) is 0 Å². The Morgan fingerprint density at radius 1 is 0.778 bits per heavy atom. The van der Waals surface area contributed by atoms with Crippen molar-refractivity contribution in [2.75, 3.05) is 0 Å². The molecule has 2 heterocycles. The third-order valence-corrected chi connectivity index (χ3v) is 6.93. The highest BCUT2D eigenvalue weighted by molar-refractivity contribution is 6.81. The van der Waals surface area contributed by atoms with E-state index in [1.165, 1.54) is 0 Å². The van der Waals surface area contributed by atoms with Crippen LogP contribution in [0.2, 0.25) is 0 Å². The SMILES string of the molecule is O.O.[O]1[Al][O][Si]12[O][Al][O]2. The molecule has 2 saturated heterocycles. The van der Waals surface area contributed by atoms with Gasteiger partial charge in [-0.05, 0) is 0 Å². The lowest BCUT2D eigenvalue weighted by molar-refractivity contribution is 0.0379. The topological polar surface area (TPSA) is 99.9 Å². The number of hydrogen-bond acceptors (Lipinski definition) is 4. The molecule has 2 aliphatic heterocycles. The molecule has 0 aromatic heterocycles. The Labute approximate surface area is 65.9 Å². The Hall–Kier alpha value is 1.04. The first-order valence-electron chi connectivity index (χ1n) is 1.76. The second-order valence-electron chi connectivity index (χ2n) is 1.16. The highest BCUT2D eigenvalue weighted by Crippen LogP contribution is 2.23. The van der Waals surface area contributed by atoms with Crippen molar-refractivity contribution in [2.24, 2.45) is 0 Å². The summed E-state index contributed by atoms with van der Waals surface area (Å²) in [4.78, 5) is 0. The van der Waals surface area contributed by atoms with E-state index in [1.807, 2.05) is 0 Å². The predicted octanol–water partition coefficient (Wildman–Crippen LogP) is -3.07. The van der Waals surface area contributed by atoms with Gasteiger partial charge in [0.2, 0.25) is 0 Å². The van der Waals surface area contributed by atoms with Crippen LogP contribution >= 0.6 is 0 Å². The maximum Gasteiger partial charge on any atom is 0.654 e. The minimum Gasteiger partial charge on any atom is -0.468 e. The lowest BCUT2D eigenvalue weighted by Crippen LogP contribution is -2.68. The molecule has 9 heavy (non-hydrogen) atoms. The zero-order chi connectivity index (χ0) is 4.74. The normalized spacial score (nSPS) is 24.9. The van der Waals surface area contributed by atoms with Gasteiger partial charge < -0.3 is 24.9 Å². The minimum atomic E-state index is -2.22. The standard InChI is InChI=1S/2Al.O4Si.2H2O/c;;1-5(2,3)4;;/h;;;2*1H2/q2*+2;-4;;. The van der Waals surface area contributed by atoms with Crippen LogP contribution in [0, 0.1) is 0 Å². The Balaban J connectivity index is 0.000000320. The molecule has 0 amide bonds. The van der Waals surface area contributed by atoms with Crippen LogP contribution < -0.4 is 0 Å². The number of rotatable bonds is 0. The lowest BCUT2D eigenvalue weighted by Gasteiger charge is -2.44. The smallest absolute Gasteiger partial charge is 0.468 e. The van der Waals surface area contributed by atoms with Crippen LogP contribution in [-0.2, 0) is 13.9 Å². The Kier molecular flexibility index (Phi) is 3.84. The van der Waals surface area contributed by atoms with Crippen LogP contribution in [0.3, 0.4) is 0 Å². The van der Waals surface area contributed by atoms with Crippen molar-refractivity contribution < 1.29 is 24.9 Å². The van der Waals surface area contributed by atoms with E-state index in [0.29, 0.717) is 0 Å². The molecule has 2 aliphatic rings. The van der Waals surface area contributed by atoms with Gasteiger partial charge in [0, 0.05) is 0 Å². The predicted molar refractivity (Wildman–Crippen MR) is 28.8 cm³/mol. The van der Waals surface area contributed by atoms with Crippen molar-refractivity contribution in [2.45, 2.75) is 0 Å². The fourth-order valence-electron chi connectivity index (χ4n) is 0.364. The number of hydrogen-bond donors (Lipinski definition) is 0. The van der Waals surface area contributed by atoms with Gasteiger partial charge in [0.25, 0.3) is 0 Å². The fraction of sp³-hybridized carbons (Fsp3) is 0. The summed E-state index contributed by atoms with van der Waals surface area (Å²) in [5.41, 5.74) is 0. The summed E-state index contributed by atoms with van der Waals surface area (Å²) in [6, 6.07) is 0. The van der Waals surface area contributed by atoms with Crippen LogP contribution in [0.1, 0.15) is 0 Å². The first-order chi connectivity index (χ1) is 3.41. The third kappa shape index (κ3) is 1.54. The Morgan fingerprint density at radius 2 is 1.11 bits per heavy atom. The highest BCUT2D eigenvalue weighted by Gasteiger charge is 2.57. The van der Waals surface area contributed by atoms with Gasteiger partial charge in [-0.3, -0.25) is 0 Å². The molecule has 0 atom stereocenters. The van der Waals surface area contributed by atoms with Crippen molar-refractivity contribution >= 4 is 40.8 Å². The molecule has 0 bridgehead atoms. The van der Waals surface area contributed by atoms with Crippen molar-refractivity contribution in [1.82, 2.24) is 0 Å². The molecule has 0 aromatic carbocycles. The van der Waals surface area contributed by atoms with E-state index < -0.39 is 9.05 Å². The van der Waals surface area contributed by atoms with Crippen molar-refractivity contribution in [3.05, 3.63) is 0 Å². The van der Waals surface area contributed by atoms with Gasteiger partial charge in [-0.1, -0.05) is 0 Å². The molecule has 4 N–H and O–H groups in total. The van der Waals surface area contributed by atoms with E-state index in [4.69, 9.17) is 13.9 Å². The summed E-state index contributed by atoms with van der Waals surface area (Å²) in [6.07, 6.45) is 0. The van der Waals surface area contributed by atoms with Gasteiger partial charge in [-0.2, -0.15) is 0 Å². The summed E-state index contributed by atoms with van der Waals surface area (Å²) in [5.74, 6) is 0. The third-order valence-electron chi connectivity index (χ3n) is 0.770. The van der Waals surface area contributed by atoms with Crippen LogP contribution in [0.4, 0.5) is 0 Å². The lowest BCUT2D eigenvalue weighted by atomic mass is 15.5. The average Bonchev–Trinajstić information content (AvgIpc) is 1.20. The maximum absolute atomic E-state index is 4.93. The summed E-state index contributed by atoms with van der Waals surface area (Å²) in [5, 5.41) is 0. The van der Waals surface area contributed by atoms with Crippen LogP contribution in [0.15, 0.2) is 0 Å². The van der Waals surface area contributed by atoms with Gasteiger partial charge in [0.1, 0.15) is 0 Å². The van der Waals surface area contributed by atoms with Gasteiger partial charge in [0.15, 0.2) is 0 Å². The molecular formula is H4Al2O6Si. The molecule has 50 valence electrons. The first-order valence-corrected chi connectivity index (χ1v) is 5.28. The fourth-order valence-corrected chi connectivity index (χ4v) is 5.28. The van der Waals surface area contributed by atoms with E-state index in [0.717, 1.165) is 0 Å².